The Morgan fingerprint density at radius 3 is 2.41 bits per heavy atom. The number of nitrogens with one attached hydrogen (secondary N) is 2. The highest BCUT2D eigenvalue weighted by molar-refractivity contribution is 9.10. The second-order valence-electron chi connectivity index (χ2n) is 4.36. The molecule has 0 bridgehead atoms. The van der Waals surface area contributed by atoms with E-state index in [1.54, 1.807) is 36.4 Å². The van der Waals surface area contributed by atoms with Crippen LogP contribution in [0, 0.1) is 0 Å². The first-order valence-electron chi connectivity index (χ1n) is 6.37. The summed E-state index contributed by atoms with van der Waals surface area (Å²) in [4.78, 5) is 22.6. The van der Waals surface area contributed by atoms with Crippen LogP contribution in [-0.4, -0.2) is 18.5 Å². The lowest BCUT2D eigenvalue weighted by Gasteiger charge is -2.09. The van der Waals surface area contributed by atoms with Gasteiger partial charge >= 0.3 is 6.03 Å². The van der Waals surface area contributed by atoms with Crippen molar-refractivity contribution >= 4 is 39.2 Å². The fourth-order valence-electron chi connectivity index (χ4n) is 1.72. The summed E-state index contributed by atoms with van der Waals surface area (Å²) in [6.07, 6.45) is 0. The molecule has 2 aromatic carbocycles. The van der Waals surface area contributed by atoms with Crippen LogP contribution < -0.4 is 21.1 Å². The minimum Gasteiger partial charge on any atom is -0.484 e. The highest BCUT2D eigenvalue weighted by atomic mass is 79.9. The molecule has 7 heteroatoms. The van der Waals surface area contributed by atoms with E-state index >= 15 is 0 Å². The lowest BCUT2D eigenvalue weighted by Crippen LogP contribution is -2.21. The van der Waals surface area contributed by atoms with Gasteiger partial charge in [-0.1, -0.05) is 28.1 Å². The Bertz CT molecular complexity index is 691. The Morgan fingerprint density at radius 2 is 1.73 bits per heavy atom. The van der Waals surface area contributed by atoms with Gasteiger partial charge in [0.2, 0.25) is 0 Å². The van der Waals surface area contributed by atoms with E-state index in [0.29, 0.717) is 17.1 Å². The summed E-state index contributed by atoms with van der Waals surface area (Å²) in [6, 6.07) is 13.2. The summed E-state index contributed by atoms with van der Waals surface area (Å²) in [5.41, 5.74) is 6.07. The van der Waals surface area contributed by atoms with E-state index in [0.717, 1.165) is 4.47 Å². The predicted octanol–water partition coefficient (Wildman–Crippen LogP) is 2.96. The summed E-state index contributed by atoms with van der Waals surface area (Å²) in [7, 11) is 0. The minimum absolute atomic E-state index is 0.121. The number of hydrogen-bond acceptors (Lipinski definition) is 3. The molecule has 0 aliphatic rings. The molecule has 0 fully saturated rings. The third kappa shape index (κ3) is 5.10. The van der Waals surface area contributed by atoms with Crippen LogP contribution in [0.2, 0.25) is 0 Å². The molecule has 0 saturated carbocycles. The maximum Gasteiger partial charge on any atom is 0.316 e. The van der Waals surface area contributed by atoms with Crippen LogP contribution in [0.15, 0.2) is 53.0 Å². The number of nitrogens with two attached hydrogens (primary N) is 1. The Kier molecular flexibility index (Phi) is 5.37. The third-order valence-electron chi connectivity index (χ3n) is 2.58. The molecule has 6 nitrogen and oxygen atoms in total. The molecule has 0 spiro atoms. The van der Waals surface area contributed by atoms with Gasteiger partial charge in [-0.3, -0.25) is 4.79 Å². The highest BCUT2D eigenvalue weighted by Gasteiger charge is 2.05. The Balaban J connectivity index is 1.90. The molecule has 3 amide bonds. The summed E-state index contributed by atoms with van der Waals surface area (Å²) in [5, 5.41) is 5.11. The number of benzene rings is 2. The van der Waals surface area contributed by atoms with E-state index in [4.69, 9.17) is 10.5 Å². The Hall–Kier alpha value is -2.54. The van der Waals surface area contributed by atoms with Crippen LogP contribution >= 0.6 is 15.9 Å². The zero-order valence-electron chi connectivity index (χ0n) is 11.5. The number of amides is 3. The van der Waals surface area contributed by atoms with Crippen molar-refractivity contribution in [3.05, 3.63) is 53.0 Å². The first kappa shape index (κ1) is 15.8. The number of carbonyl (C=O) groups excluding carboxylic acids is 2. The van der Waals surface area contributed by atoms with Crippen molar-refractivity contribution in [2.24, 2.45) is 5.73 Å². The summed E-state index contributed by atoms with van der Waals surface area (Å²) in [5.74, 6) is 0.282. The minimum atomic E-state index is -0.665. The van der Waals surface area contributed by atoms with E-state index in [2.05, 4.69) is 26.6 Å². The molecule has 114 valence electrons. The zero-order chi connectivity index (χ0) is 15.9. The third-order valence-corrected chi connectivity index (χ3v) is 3.07. The lowest BCUT2D eigenvalue weighted by molar-refractivity contribution is -0.118. The molecule has 0 radical (unpaired) electrons. The van der Waals surface area contributed by atoms with Crippen molar-refractivity contribution in [1.29, 1.82) is 0 Å². The van der Waals surface area contributed by atoms with Gasteiger partial charge in [0, 0.05) is 15.8 Å². The molecule has 22 heavy (non-hydrogen) atoms. The van der Waals surface area contributed by atoms with Crippen molar-refractivity contribution in [1.82, 2.24) is 0 Å². The summed E-state index contributed by atoms with van der Waals surface area (Å²) in [6.45, 7) is -0.121. The van der Waals surface area contributed by atoms with Crippen LogP contribution in [0.4, 0.5) is 16.2 Å². The van der Waals surface area contributed by atoms with Gasteiger partial charge in [0.15, 0.2) is 6.61 Å². The molecule has 0 unspecified atom stereocenters. The van der Waals surface area contributed by atoms with Gasteiger partial charge in [-0.05, 0) is 36.4 Å². The van der Waals surface area contributed by atoms with Crippen LogP contribution in [0.3, 0.4) is 0 Å². The van der Waals surface area contributed by atoms with Crippen LogP contribution in [0.5, 0.6) is 5.75 Å². The molecule has 0 atom stereocenters. The average Bonchev–Trinajstić information content (AvgIpc) is 2.45. The van der Waals surface area contributed by atoms with Crippen molar-refractivity contribution in [3.8, 4) is 5.75 Å². The molecular weight excluding hydrogens is 350 g/mol. The molecule has 4 N–H and O–H groups in total. The molecule has 0 heterocycles. The molecule has 0 aromatic heterocycles. The number of rotatable bonds is 5. The Labute approximate surface area is 135 Å². The van der Waals surface area contributed by atoms with E-state index in [1.807, 2.05) is 12.1 Å². The zero-order valence-corrected chi connectivity index (χ0v) is 13.1. The van der Waals surface area contributed by atoms with Crippen molar-refractivity contribution in [2.75, 3.05) is 17.2 Å². The largest absolute Gasteiger partial charge is 0.484 e. The number of anilines is 2. The molecule has 2 aromatic rings. The van der Waals surface area contributed by atoms with Crippen LogP contribution in [0.25, 0.3) is 0 Å². The maximum absolute atomic E-state index is 11.8. The second kappa shape index (κ2) is 7.46. The maximum atomic E-state index is 11.8. The van der Waals surface area contributed by atoms with E-state index in [-0.39, 0.29) is 12.5 Å². The van der Waals surface area contributed by atoms with E-state index in [1.165, 1.54) is 0 Å². The van der Waals surface area contributed by atoms with Gasteiger partial charge in [0.25, 0.3) is 5.91 Å². The highest BCUT2D eigenvalue weighted by Crippen LogP contribution is 2.18. The second-order valence-corrected chi connectivity index (χ2v) is 5.28. The summed E-state index contributed by atoms with van der Waals surface area (Å²) >= 11 is 3.33. The van der Waals surface area contributed by atoms with Gasteiger partial charge < -0.3 is 21.1 Å². The monoisotopic (exact) mass is 363 g/mol. The van der Waals surface area contributed by atoms with Crippen molar-refractivity contribution < 1.29 is 14.3 Å². The lowest BCUT2D eigenvalue weighted by atomic mass is 10.2. The number of carbonyl (C=O) groups is 2. The van der Waals surface area contributed by atoms with Gasteiger partial charge in [-0.25, -0.2) is 4.79 Å². The van der Waals surface area contributed by atoms with Crippen LogP contribution in [0.1, 0.15) is 0 Å². The van der Waals surface area contributed by atoms with E-state index in [9.17, 15) is 9.59 Å². The summed E-state index contributed by atoms with van der Waals surface area (Å²) < 4.78 is 6.25. The normalized spacial score (nSPS) is 9.86. The van der Waals surface area contributed by atoms with Gasteiger partial charge in [-0.15, -0.1) is 0 Å². The number of halogens is 1. The fraction of sp³-hybridized carbons (Fsp3) is 0.0667. The van der Waals surface area contributed by atoms with Gasteiger partial charge in [0.1, 0.15) is 5.75 Å². The van der Waals surface area contributed by atoms with Crippen LogP contribution in [-0.2, 0) is 4.79 Å². The van der Waals surface area contributed by atoms with Gasteiger partial charge in [0.05, 0.1) is 0 Å². The van der Waals surface area contributed by atoms with Gasteiger partial charge in [-0.2, -0.15) is 0 Å². The standard InChI is InChI=1S/C15H14BrN3O3/c16-10-3-1-6-13(7-10)22-9-14(20)18-11-4-2-5-12(8-11)19-15(17)21/h1-8H,9H2,(H,18,20)(H3,17,19,21). The topological polar surface area (TPSA) is 93.5 Å². The van der Waals surface area contributed by atoms with Crippen molar-refractivity contribution in [2.45, 2.75) is 0 Å². The molecule has 2 rings (SSSR count). The van der Waals surface area contributed by atoms with E-state index < -0.39 is 6.03 Å². The fourth-order valence-corrected chi connectivity index (χ4v) is 2.10. The molecular formula is C15H14BrN3O3. The Morgan fingerprint density at radius 1 is 1.05 bits per heavy atom. The predicted molar refractivity (Wildman–Crippen MR) is 87.9 cm³/mol. The number of primary amides is 1. The molecule has 0 aliphatic heterocycles. The smallest absolute Gasteiger partial charge is 0.316 e. The number of urea groups is 1. The first-order valence-corrected chi connectivity index (χ1v) is 7.17. The quantitative estimate of drug-likeness (QED) is 0.762. The molecule has 0 aliphatic carbocycles. The SMILES string of the molecule is NC(=O)Nc1cccc(NC(=O)COc2cccc(Br)c2)c1. The average molecular weight is 364 g/mol. The number of hydrogen-bond donors (Lipinski definition) is 3. The number of ether oxygens (including phenoxy) is 1. The van der Waals surface area contributed by atoms with Crippen molar-refractivity contribution in [3.63, 3.8) is 0 Å². The molecule has 0 saturated heterocycles. The first-order chi connectivity index (χ1) is 10.5.